The summed E-state index contributed by atoms with van der Waals surface area (Å²) in [7, 11) is 0. The van der Waals surface area contributed by atoms with Crippen LogP contribution < -0.4 is 5.32 Å². The molecular formula is C12H14FNO2. The van der Waals surface area contributed by atoms with E-state index < -0.39 is 6.10 Å². The van der Waals surface area contributed by atoms with Crippen molar-refractivity contribution in [3.8, 4) is 0 Å². The highest BCUT2D eigenvalue weighted by Gasteiger charge is 1.98. The van der Waals surface area contributed by atoms with E-state index in [9.17, 15) is 9.18 Å². The number of aliphatic hydroxyl groups excluding tert-OH is 1. The third-order valence-electron chi connectivity index (χ3n) is 1.85. The van der Waals surface area contributed by atoms with E-state index in [1.54, 1.807) is 19.1 Å². The van der Waals surface area contributed by atoms with Gasteiger partial charge in [0.15, 0.2) is 0 Å². The molecule has 3 nitrogen and oxygen atoms in total. The van der Waals surface area contributed by atoms with Crippen molar-refractivity contribution in [2.24, 2.45) is 0 Å². The van der Waals surface area contributed by atoms with Crippen LogP contribution in [0.2, 0.25) is 0 Å². The maximum Gasteiger partial charge on any atom is 0.244 e. The van der Waals surface area contributed by atoms with E-state index in [0.29, 0.717) is 5.56 Å². The second-order valence-corrected chi connectivity index (χ2v) is 3.48. The van der Waals surface area contributed by atoms with E-state index in [2.05, 4.69) is 5.32 Å². The molecule has 0 fully saturated rings. The molecule has 2 N–H and O–H groups in total. The van der Waals surface area contributed by atoms with Crippen LogP contribution in [0.15, 0.2) is 30.3 Å². The van der Waals surface area contributed by atoms with Gasteiger partial charge in [-0.15, -0.1) is 0 Å². The fourth-order valence-corrected chi connectivity index (χ4v) is 1.09. The molecule has 0 saturated heterocycles. The zero-order valence-electron chi connectivity index (χ0n) is 8.98. The van der Waals surface area contributed by atoms with Gasteiger partial charge in [0.05, 0.1) is 6.10 Å². The molecular weight excluding hydrogens is 209 g/mol. The van der Waals surface area contributed by atoms with Gasteiger partial charge in [-0.3, -0.25) is 4.79 Å². The molecule has 1 aromatic rings. The molecule has 1 atom stereocenters. The van der Waals surface area contributed by atoms with Crippen molar-refractivity contribution in [2.75, 3.05) is 6.54 Å². The predicted molar refractivity (Wildman–Crippen MR) is 60.1 cm³/mol. The Hall–Kier alpha value is -1.68. The summed E-state index contributed by atoms with van der Waals surface area (Å²) in [6.45, 7) is 1.78. The lowest BCUT2D eigenvalue weighted by molar-refractivity contribution is -0.116. The highest BCUT2D eigenvalue weighted by atomic mass is 19.1. The Labute approximate surface area is 93.6 Å². The number of amides is 1. The van der Waals surface area contributed by atoms with Gasteiger partial charge in [-0.05, 0) is 30.7 Å². The summed E-state index contributed by atoms with van der Waals surface area (Å²) in [6, 6.07) is 5.94. The summed E-state index contributed by atoms with van der Waals surface area (Å²) in [6.07, 6.45) is 2.24. The number of benzene rings is 1. The van der Waals surface area contributed by atoms with E-state index in [4.69, 9.17) is 5.11 Å². The van der Waals surface area contributed by atoms with Crippen LogP contribution in [0.25, 0.3) is 6.08 Å². The van der Waals surface area contributed by atoms with Crippen molar-refractivity contribution in [3.63, 3.8) is 0 Å². The van der Waals surface area contributed by atoms with Crippen molar-refractivity contribution in [1.82, 2.24) is 5.32 Å². The lowest BCUT2D eigenvalue weighted by Gasteiger charge is -2.03. The molecule has 0 aliphatic rings. The second-order valence-electron chi connectivity index (χ2n) is 3.48. The predicted octanol–water partition coefficient (Wildman–Crippen LogP) is 1.34. The van der Waals surface area contributed by atoms with E-state index in [1.807, 2.05) is 0 Å². The molecule has 86 valence electrons. The average Bonchev–Trinajstić information content (AvgIpc) is 2.23. The van der Waals surface area contributed by atoms with Crippen LogP contribution in [0.1, 0.15) is 12.5 Å². The van der Waals surface area contributed by atoms with Gasteiger partial charge in [0, 0.05) is 12.6 Å². The van der Waals surface area contributed by atoms with E-state index in [1.165, 1.54) is 24.3 Å². The van der Waals surface area contributed by atoms with Gasteiger partial charge < -0.3 is 10.4 Å². The zero-order chi connectivity index (χ0) is 12.0. The van der Waals surface area contributed by atoms with Crippen LogP contribution in [0.5, 0.6) is 0 Å². The number of hydrogen-bond donors (Lipinski definition) is 2. The Bertz CT molecular complexity index is 388. The van der Waals surface area contributed by atoms with Crippen LogP contribution in [-0.2, 0) is 4.79 Å². The summed E-state index contributed by atoms with van der Waals surface area (Å²) in [4.78, 5) is 11.2. The first kappa shape index (κ1) is 12.4. The van der Waals surface area contributed by atoms with Crippen LogP contribution in [0.4, 0.5) is 4.39 Å². The van der Waals surface area contributed by atoms with Crippen LogP contribution in [0, 0.1) is 5.82 Å². The van der Waals surface area contributed by atoms with E-state index in [0.717, 1.165) is 0 Å². The fraction of sp³-hybridized carbons (Fsp3) is 0.250. The minimum atomic E-state index is -0.577. The summed E-state index contributed by atoms with van der Waals surface area (Å²) in [5, 5.41) is 11.4. The minimum Gasteiger partial charge on any atom is -0.392 e. The molecule has 0 saturated carbocycles. The largest absolute Gasteiger partial charge is 0.392 e. The van der Waals surface area contributed by atoms with Gasteiger partial charge in [-0.2, -0.15) is 0 Å². The van der Waals surface area contributed by atoms with Crippen molar-refractivity contribution >= 4 is 12.0 Å². The average molecular weight is 223 g/mol. The second kappa shape index (κ2) is 6.02. The number of carbonyl (C=O) groups is 1. The van der Waals surface area contributed by atoms with Gasteiger partial charge in [-0.25, -0.2) is 4.39 Å². The Morgan fingerprint density at radius 3 is 3.00 bits per heavy atom. The van der Waals surface area contributed by atoms with Gasteiger partial charge in [0.1, 0.15) is 5.82 Å². The van der Waals surface area contributed by atoms with Gasteiger partial charge in [-0.1, -0.05) is 12.1 Å². The Morgan fingerprint density at radius 1 is 1.62 bits per heavy atom. The molecule has 0 spiro atoms. The quantitative estimate of drug-likeness (QED) is 0.757. The third kappa shape index (κ3) is 4.70. The first-order chi connectivity index (χ1) is 7.58. The zero-order valence-corrected chi connectivity index (χ0v) is 8.98. The SMILES string of the molecule is C[C@@H](O)CNC(=O)/C=C/c1cccc(F)c1. The van der Waals surface area contributed by atoms with E-state index >= 15 is 0 Å². The van der Waals surface area contributed by atoms with Crippen molar-refractivity contribution in [1.29, 1.82) is 0 Å². The van der Waals surface area contributed by atoms with E-state index in [-0.39, 0.29) is 18.3 Å². The normalized spacial score (nSPS) is 12.7. The molecule has 1 rings (SSSR count). The monoisotopic (exact) mass is 223 g/mol. The molecule has 0 aliphatic carbocycles. The molecule has 16 heavy (non-hydrogen) atoms. The highest BCUT2D eigenvalue weighted by Crippen LogP contribution is 2.04. The van der Waals surface area contributed by atoms with Crippen molar-refractivity contribution in [3.05, 3.63) is 41.7 Å². The highest BCUT2D eigenvalue weighted by molar-refractivity contribution is 5.91. The molecule has 0 bridgehead atoms. The van der Waals surface area contributed by atoms with Crippen LogP contribution in [-0.4, -0.2) is 23.7 Å². The summed E-state index contributed by atoms with van der Waals surface area (Å²) < 4.78 is 12.8. The summed E-state index contributed by atoms with van der Waals surface area (Å²) >= 11 is 0. The number of carbonyl (C=O) groups excluding carboxylic acids is 1. The molecule has 0 unspecified atom stereocenters. The van der Waals surface area contributed by atoms with Crippen molar-refractivity contribution in [2.45, 2.75) is 13.0 Å². The number of rotatable bonds is 4. The number of aliphatic hydroxyl groups is 1. The standard InChI is InChI=1S/C12H14FNO2/c1-9(15)8-14-12(16)6-5-10-3-2-4-11(13)7-10/h2-7,9,15H,8H2,1H3,(H,14,16)/b6-5+/t9-/m1/s1. The topological polar surface area (TPSA) is 49.3 Å². The number of hydrogen-bond acceptors (Lipinski definition) is 2. The maximum absolute atomic E-state index is 12.8. The van der Waals surface area contributed by atoms with Crippen molar-refractivity contribution < 1.29 is 14.3 Å². The minimum absolute atomic E-state index is 0.201. The molecule has 0 aliphatic heterocycles. The summed E-state index contributed by atoms with van der Waals surface area (Å²) in [5.41, 5.74) is 0.618. The fourth-order valence-electron chi connectivity index (χ4n) is 1.09. The smallest absolute Gasteiger partial charge is 0.244 e. The van der Waals surface area contributed by atoms with Crippen LogP contribution >= 0.6 is 0 Å². The molecule has 1 amide bonds. The lowest BCUT2D eigenvalue weighted by Crippen LogP contribution is -2.28. The first-order valence-corrected chi connectivity index (χ1v) is 4.97. The lowest BCUT2D eigenvalue weighted by atomic mass is 10.2. The van der Waals surface area contributed by atoms with Gasteiger partial charge >= 0.3 is 0 Å². The summed E-state index contributed by atoms with van der Waals surface area (Å²) in [5.74, 6) is -0.656. The third-order valence-corrected chi connectivity index (χ3v) is 1.85. The van der Waals surface area contributed by atoms with Gasteiger partial charge in [0.2, 0.25) is 5.91 Å². The molecule has 4 heteroatoms. The molecule has 1 aromatic carbocycles. The molecule has 0 aromatic heterocycles. The van der Waals surface area contributed by atoms with Crippen LogP contribution in [0.3, 0.4) is 0 Å². The Kier molecular flexibility index (Phi) is 4.66. The Balaban J connectivity index is 2.50. The molecule has 0 heterocycles. The maximum atomic E-state index is 12.8. The number of nitrogens with one attached hydrogen (secondary N) is 1. The Morgan fingerprint density at radius 2 is 2.38 bits per heavy atom. The molecule has 0 radical (unpaired) electrons. The first-order valence-electron chi connectivity index (χ1n) is 4.97. The number of halogens is 1. The van der Waals surface area contributed by atoms with Gasteiger partial charge in [0.25, 0.3) is 0 Å².